The first kappa shape index (κ1) is 21.2. The molecule has 4 rings (SSSR count). The first-order valence-electron chi connectivity index (χ1n) is 10.9. The van der Waals surface area contributed by atoms with E-state index in [0.29, 0.717) is 6.04 Å². The molecule has 2 aromatic rings. The number of ether oxygens (including phenoxy) is 3. The highest BCUT2D eigenvalue weighted by Gasteiger charge is 2.24. The fourth-order valence-electron chi connectivity index (χ4n) is 4.22. The van der Waals surface area contributed by atoms with Crippen molar-refractivity contribution in [3.05, 3.63) is 48.0 Å². The molecular weight excluding hydrogens is 392 g/mol. The number of anilines is 1. The third-order valence-electron chi connectivity index (χ3n) is 5.97. The van der Waals surface area contributed by atoms with Gasteiger partial charge in [-0.05, 0) is 24.5 Å². The van der Waals surface area contributed by atoms with E-state index in [4.69, 9.17) is 14.2 Å². The number of piperidine rings is 1. The van der Waals surface area contributed by atoms with Gasteiger partial charge in [-0.2, -0.15) is 0 Å². The number of guanidine groups is 1. The number of methoxy groups -OCH3 is 2. The van der Waals surface area contributed by atoms with Crippen LogP contribution in [-0.4, -0.2) is 59.0 Å². The Morgan fingerprint density at radius 2 is 1.81 bits per heavy atom. The van der Waals surface area contributed by atoms with Crippen LogP contribution in [0, 0.1) is 0 Å². The van der Waals surface area contributed by atoms with Gasteiger partial charge in [-0.15, -0.1) is 0 Å². The molecule has 7 nitrogen and oxygen atoms in total. The lowest BCUT2D eigenvalue weighted by Gasteiger charge is -2.35. The summed E-state index contributed by atoms with van der Waals surface area (Å²) in [6.07, 6.45) is 3.14. The van der Waals surface area contributed by atoms with Gasteiger partial charge < -0.3 is 29.7 Å². The van der Waals surface area contributed by atoms with Crippen LogP contribution in [0.4, 0.5) is 5.69 Å². The lowest BCUT2D eigenvalue weighted by atomic mass is 10.0. The van der Waals surface area contributed by atoms with Gasteiger partial charge in [0.2, 0.25) is 0 Å². The number of hydrogen-bond acceptors (Lipinski definition) is 5. The number of aliphatic imine (C=N–C) groups is 1. The summed E-state index contributed by atoms with van der Waals surface area (Å²) in [5, 5.41) is 7.01. The third-order valence-corrected chi connectivity index (χ3v) is 5.97. The fraction of sp³-hybridized carbons (Fsp3) is 0.458. The Morgan fingerprint density at radius 1 is 1.10 bits per heavy atom. The summed E-state index contributed by atoms with van der Waals surface area (Å²) in [5.41, 5.74) is 2.41. The van der Waals surface area contributed by atoms with E-state index in [1.807, 2.05) is 25.2 Å². The van der Waals surface area contributed by atoms with Crippen LogP contribution in [0.5, 0.6) is 17.2 Å². The zero-order chi connectivity index (χ0) is 21.6. The second-order valence-corrected chi connectivity index (χ2v) is 7.98. The third kappa shape index (κ3) is 5.16. The number of benzene rings is 2. The number of rotatable bonds is 6. The molecule has 0 aliphatic carbocycles. The Morgan fingerprint density at radius 3 is 2.45 bits per heavy atom. The van der Waals surface area contributed by atoms with Crippen LogP contribution in [0.25, 0.3) is 0 Å². The van der Waals surface area contributed by atoms with Crippen molar-refractivity contribution in [1.82, 2.24) is 10.6 Å². The Labute approximate surface area is 184 Å². The van der Waals surface area contributed by atoms with Crippen molar-refractivity contribution in [1.29, 1.82) is 0 Å². The van der Waals surface area contributed by atoms with Crippen molar-refractivity contribution >= 4 is 11.6 Å². The van der Waals surface area contributed by atoms with Gasteiger partial charge >= 0.3 is 0 Å². The summed E-state index contributed by atoms with van der Waals surface area (Å²) in [6, 6.07) is 14.7. The van der Waals surface area contributed by atoms with Gasteiger partial charge in [0.25, 0.3) is 0 Å². The van der Waals surface area contributed by atoms with E-state index in [1.165, 1.54) is 5.56 Å². The van der Waals surface area contributed by atoms with E-state index in [2.05, 4.69) is 44.8 Å². The topological polar surface area (TPSA) is 67.4 Å². The summed E-state index contributed by atoms with van der Waals surface area (Å²) < 4.78 is 16.8. The second-order valence-electron chi connectivity index (χ2n) is 7.98. The quantitative estimate of drug-likeness (QED) is 0.549. The maximum Gasteiger partial charge on any atom is 0.191 e. The number of nitrogens with zero attached hydrogens (tertiary/aromatic N) is 2. The first-order valence-corrected chi connectivity index (χ1v) is 10.9. The number of nitrogens with one attached hydrogen (secondary N) is 2. The van der Waals surface area contributed by atoms with Gasteiger partial charge in [0.15, 0.2) is 5.96 Å². The molecular formula is C24H32N4O3. The zero-order valence-electron chi connectivity index (χ0n) is 18.6. The van der Waals surface area contributed by atoms with Gasteiger partial charge in [-0.25, -0.2) is 0 Å². The molecule has 0 amide bonds. The van der Waals surface area contributed by atoms with Crippen molar-refractivity contribution in [2.75, 3.05) is 45.8 Å². The van der Waals surface area contributed by atoms with E-state index >= 15 is 0 Å². The predicted molar refractivity (Wildman–Crippen MR) is 124 cm³/mol. The van der Waals surface area contributed by atoms with Crippen molar-refractivity contribution in [3.63, 3.8) is 0 Å². The smallest absolute Gasteiger partial charge is 0.191 e. The van der Waals surface area contributed by atoms with Crippen LogP contribution in [0.15, 0.2) is 47.5 Å². The molecule has 0 aromatic heterocycles. The molecule has 0 spiro atoms. The lowest BCUT2D eigenvalue weighted by Crippen LogP contribution is -2.50. The van der Waals surface area contributed by atoms with Gasteiger partial charge in [-0.1, -0.05) is 18.2 Å². The molecule has 0 saturated carbocycles. The molecule has 2 N–H and O–H groups in total. The number of hydrogen-bond donors (Lipinski definition) is 2. The Balaban J connectivity index is 1.25. The van der Waals surface area contributed by atoms with Gasteiger partial charge in [0.1, 0.15) is 23.4 Å². The Kier molecular flexibility index (Phi) is 6.70. The van der Waals surface area contributed by atoms with Crippen molar-refractivity contribution in [2.24, 2.45) is 4.99 Å². The van der Waals surface area contributed by atoms with Gasteiger partial charge in [0.05, 0.1) is 20.8 Å². The summed E-state index contributed by atoms with van der Waals surface area (Å²) in [4.78, 5) is 6.78. The van der Waals surface area contributed by atoms with Crippen molar-refractivity contribution in [3.8, 4) is 17.2 Å². The average molecular weight is 425 g/mol. The monoisotopic (exact) mass is 424 g/mol. The maximum atomic E-state index is 6.02. The number of fused-ring (bicyclic) bond motifs is 1. The lowest BCUT2D eigenvalue weighted by molar-refractivity contribution is 0.234. The van der Waals surface area contributed by atoms with Crippen LogP contribution in [0.3, 0.4) is 0 Å². The normalized spacial score (nSPS) is 18.9. The molecule has 31 heavy (non-hydrogen) atoms. The molecule has 0 bridgehead atoms. The molecule has 1 atom stereocenters. The molecule has 1 fully saturated rings. The minimum Gasteiger partial charge on any atom is -0.497 e. The minimum absolute atomic E-state index is 0.140. The average Bonchev–Trinajstić information content (AvgIpc) is 3.24. The Hall–Kier alpha value is -3.09. The maximum absolute atomic E-state index is 6.02. The van der Waals surface area contributed by atoms with Crippen molar-refractivity contribution in [2.45, 2.75) is 31.4 Å². The zero-order valence-corrected chi connectivity index (χ0v) is 18.6. The molecule has 2 aliphatic heterocycles. The predicted octanol–water partition coefficient (Wildman–Crippen LogP) is 2.84. The minimum atomic E-state index is 0.140. The van der Waals surface area contributed by atoms with E-state index in [-0.39, 0.29) is 6.10 Å². The fourth-order valence-corrected chi connectivity index (χ4v) is 4.22. The van der Waals surface area contributed by atoms with Gasteiger partial charge in [0, 0.05) is 56.5 Å². The van der Waals surface area contributed by atoms with E-state index < -0.39 is 0 Å². The molecule has 166 valence electrons. The SMILES string of the molecule is CN=C(NCC1Cc2ccccc2O1)NC1CCN(c2cc(OC)cc(OC)c2)CC1. The standard InChI is InChI=1S/C24H32N4O3/c1-25-24(26-16-22-12-17-6-4-5-7-23(17)31-22)27-18-8-10-28(11-9-18)19-13-20(29-2)15-21(14-19)30-3/h4-7,13-15,18,22H,8-12,16H2,1-3H3,(H2,25,26,27). The van der Waals surface area contributed by atoms with E-state index in [0.717, 1.165) is 67.8 Å². The molecule has 2 aromatic carbocycles. The first-order chi connectivity index (χ1) is 15.2. The van der Waals surface area contributed by atoms with Crippen LogP contribution in [0.2, 0.25) is 0 Å². The Bertz CT molecular complexity index is 862. The van der Waals surface area contributed by atoms with Gasteiger partial charge in [-0.3, -0.25) is 4.99 Å². The largest absolute Gasteiger partial charge is 0.497 e. The highest BCUT2D eigenvalue weighted by atomic mass is 16.5. The summed E-state index contributed by atoms with van der Waals surface area (Å²) in [5.74, 6) is 3.46. The van der Waals surface area contributed by atoms with Crippen LogP contribution in [0.1, 0.15) is 18.4 Å². The van der Waals surface area contributed by atoms with Crippen LogP contribution in [-0.2, 0) is 6.42 Å². The van der Waals surface area contributed by atoms with Crippen LogP contribution >= 0.6 is 0 Å². The highest BCUT2D eigenvalue weighted by Crippen LogP contribution is 2.30. The molecule has 2 aliphatic rings. The number of para-hydroxylation sites is 1. The molecule has 2 heterocycles. The summed E-state index contributed by atoms with van der Waals surface area (Å²) >= 11 is 0. The highest BCUT2D eigenvalue weighted by molar-refractivity contribution is 5.80. The van der Waals surface area contributed by atoms with Crippen LogP contribution < -0.4 is 29.7 Å². The van der Waals surface area contributed by atoms with Crippen molar-refractivity contribution < 1.29 is 14.2 Å². The molecule has 1 unspecified atom stereocenters. The molecule has 7 heteroatoms. The molecule has 1 saturated heterocycles. The summed E-state index contributed by atoms with van der Waals surface area (Å²) in [6.45, 7) is 2.66. The summed E-state index contributed by atoms with van der Waals surface area (Å²) in [7, 11) is 5.18. The van der Waals surface area contributed by atoms with E-state index in [1.54, 1.807) is 14.2 Å². The molecule has 0 radical (unpaired) electrons. The van der Waals surface area contributed by atoms with E-state index in [9.17, 15) is 0 Å². The second kappa shape index (κ2) is 9.81.